The molecule has 0 saturated carbocycles. The van der Waals surface area contributed by atoms with Gasteiger partial charge in [-0.2, -0.15) is 0 Å². The highest BCUT2D eigenvalue weighted by Crippen LogP contribution is 2.24. The minimum atomic E-state index is 0.119. The predicted molar refractivity (Wildman–Crippen MR) is 80.2 cm³/mol. The molecule has 20 heavy (non-hydrogen) atoms. The molecule has 2 rings (SSSR count). The Morgan fingerprint density at radius 3 is 2.50 bits per heavy atom. The van der Waals surface area contributed by atoms with E-state index in [0.29, 0.717) is 6.54 Å². The number of furan rings is 1. The molecule has 2 aromatic rings. The van der Waals surface area contributed by atoms with Crippen molar-refractivity contribution in [3.8, 4) is 0 Å². The van der Waals surface area contributed by atoms with E-state index in [-0.39, 0.29) is 6.04 Å². The molecule has 0 bridgehead atoms. The van der Waals surface area contributed by atoms with Crippen LogP contribution in [0.3, 0.4) is 0 Å². The second kappa shape index (κ2) is 7.22. The molecular formula is C16H23N3O. The SMILES string of the molecule is CCc1ccc(C(CN)N(CC)Cc2ccncc2)o1. The molecule has 2 heterocycles. The summed E-state index contributed by atoms with van der Waals surface area (Å²) in [6.45, 7) is 6.56. The normalized spacial score (nSPS) is 12.8. The average Bonchev–Trinajstić information content (AvgIpc) is 2.97. The van der Waals surface area contributed by atoms with Crippen LogP contribution >= 0.6 is 0 Å². The van der Waals surface area contributed by atoms with Gasteiger partial charge in [-0.1, -0.05) is 13.8 Å². The lowest BCUT2D eigenvalue weighted by Gasteiger charge is -2.28. The molecule has 0 aliphatic carbocycles. The molecule has 2 aromatic heterocycles. The molecule has 1 atom stereocenters. The summed E-state index contributed by atoms with van der Waals surface area (Å²) < 4.78 is 5.87. The number of likely N-dealkylation sites (N-methyl/N-ethyl adjacent to an activating group) is 1. The molecule has 4 heteroatoms. The zero-order chi connectivity index (χ0) is 14.4. The minimum Gasteiger partial charge on any atom is -0.464 e. The molecule has 0 aliphatic heterocycles. The first-order valence-corrected chi connectivity index (χ1v) is 7.20. The van der Waals surface area contributed by atoms with Crippen molar-refractivity contribution in [3.05, 3.63) is 53.7 Å². The van der Waals surface area contributed by atoms with E-state index in [1.54, 1.807) is 0 Å². The molecule has 0 saturated heterocycles. The standard InChI is InChI=1S/C16H23N3O/c1-3-14-5-6-16(20-14)15(11-17)19(4-2)12-13-7-9-18-10-8-13/h5-10,15H,3-4,11-12,17H2,1-2H3. The van der Waals surface area contributed by atoms with E-state index in [2.05, 4.69) is 23.7 Å². The third-order valence-corrected chi connectivity index (χ3v) is 3.56. The lowest BCUT2D eigenvalue weighted by atomic mass is 10.1. The quantitative estimate of drug-likeness (QED) is 0.842. The number of hydrogen-bond donors (Lipinski definition) is 1. The fraction of sp³-hybridized carbons (Fsp3) is 0.438. The molecule has 0 fully saturated rings. The van der Waals surface area contributed by atoms with Gasteiger partial charge in [-0.25, -0.2) is 0 Å². The number of aryl methyl sites for hydroxylation is 1. The molecule has 4 nitrogen and oxygen atoms in total. The molecule has 0 radical (unpaired) electrons. The van der Waals surface area contributed by atoms with Crippen LogP contribution in [0.2, 0.25) is 0 Å². The van der Waals surface area contributed by atoms with Crippen molar-refractivity contribution in [2.45, 2.75) is 32.9 Å². The Kier molecular flexibility index (Phi) is 5.32. The Morgan fingerprint density at radius 1 is 1.20 bits per heavy atom. The summed E-state index contributed by atoms with van der Waals surface area (Å²) in [5.74, 6) is 1.97. The Bertz CT molecular complexity index is 509. The van der Waals surface area contributed by atoms with E-state index in [1.165, 1.54) is 5.56 Å². The van der Waals surface area contributed by atoms with Crippen molar-refractivity contribution in [1.29, 1.82) is 0 Å². The van der Waals surface area contributed by atoms with Gasteiger partial charge in [-0.05, 0) is 36.4 Å². The van der Waals surface area contributed by atoms with Gasteiger partial charge in [-0.3, -0.25) is 9.88 Å². The van der Waals surface area contributed by atoms with Crippen LogP contribution in [0, 0.1) is 0 Å². The van der Waals surface area contributed by atoms with Gasteiger partial charge in [0, 0.05) is 31.9 Å². The molecule has 0 spiro atoms. The highest BCUT2D eigenvalue weighted by molar-refractivity contribution is 5.14. The Balaban J connectivity index is 2.14. The number of aromatic nitrogens is 1. The third-order valence-electron chi connectivity index (χ3n) is 3.56. The Hall–Kier alpha value is -1.65. The van der Waals surface area contributed by atoms with Crippen LogP contribution in [0.4, 0.5) is 0 Å². The highest BCUT2D eigenvalue weighted by Gasteiger charge is 2.21. The summed E-state index contributed by atoms with van der Waals surface area (Å²) in [5.41, 5.74) is 7.21. The molecule has 2 N–H and O–H groups in total. The van der Waals surface area contributed by atoms with Gasteiger partial charge in [0.15, 0.2) is 0 Å². The third kappa shape index (κ3) is 3.46. The first kappa shape index (κ1) is 14.8. The lowest BCUT2D eigenvalue weighted by Crippen LogP contribution is -2.33. The van der Waals surface area contributed by atoms with Crippen LogP contribution in [0.5, 0.6) is 0 Å². The maximum Gasteiger partial charge on any atom is 0.122 e. The van der Waals surface area contributed by atoms with Crippen LogP contribution in [0.1, 0.15) is 37.0 Å². The second-order valence-corrected chi connectivity index (χ2v) is 4.83. The Morgan fingerprint density at radius 2 is 1.95 bits per heavy atom. The van der Waals surface area contributed by atoms with E-state index in [4.69, 9.17) is 10.2 Å². The van der Waals surface area contributed by atoms with Crippen molar-refractivity contribution in [2.24, 2.45) is 5.73 Å². The lowest BCUT2D eigenvalue weighted by molar-refractivity contribution is 0.178. The topological polar surface area (TPSA) is 55.3 Å². The fourth-order valence-corrected chi connectivity index (χ4v) is 2.37. The Labute approximate surface area is 120 Å². The number of nitrogens with two attached hydrogens (primary N) is 1. The average molecular weight is 273 g/mol. The summed E-state index contributed by atoms with van der Waals surface area (Å²) in [7, 11) is 0. The first-order chi connectivity index (χ1) is 9.78. The van der Waals surface area contributed by atoms with Crippen molar-refractivity contribution in [1.82, 2.24) is 9.88 Å². The smallest absolute Gasteiger partial charge is 0.122 e. The number of hydrogen-bond acceptors (Lipinski definition) is 4. The van der Waals surface area contributed by atoms with E-state index in [0.717, 1.165) is 31.0 Å². The minimum absolute atomic E-state index is 0.119. The molecule has 108 valence electrons. The van der Waals surface area contributed by atoms with Gasteiger partial charge in [0.05, 0.1) is 6.04 Å². The van der Waals surface area contributed by atoms with E-state index < -0.39 is 0 Å². The summed E-state index contributed by atoms with van der Waals surface area (Å²) >= 11 is 0. The van der Waals surface area contributed by atoms with Gasteiger partial charge in [-0.15, -0.1) is 0 Å². The monoisotopic (exact) mass is 273 g/mol. The van der Waals surface area contributed by atoms with Crippen LogP contribution in [-0.4, -0.2) is 23.0 Å². The van der Waals surface area contributed by atoms with Crippen LogP contribution < -0.4 is 5.73 Å². The van der Waals surface area contributed by atoms with Crippen LogP contribution in [0.15, 0.2) is 41.1 Å². The van der Waals surface area contributed by atoms with Crippen molar-refractivity contribution >= 4 is 0 Å². The van der Waals surface area contributed by atoms with Crippen molar-refractivity contribution < 1.29 is 4.42 Å². The largest absolute Gasteiger partial charge is 0.464 e. The van der Waals surface area contributed by atoms with Gasteiger partial charge in [0.1, 0.15) is 11.5 Å². The summed E-state index contributed by atoms with van der Waals surface area (Å²) in [4.78, 5) is 6.38. The summed E-state index contributed by atoms with van der Waals surface area (Å²) in [6.07, 6.45) is 4.55. The van der Waals surface area contributed by atoms with E-state index in [9.17, 15) is 0 Å². The van der Waals surface area contributed by atoms with Crippen molar-refractivity contribution in [2.75, 3.05) is 13.1 Å². The number of pyridine rings is 1. The summed E-state index contributed by atoms with van der Waals surface area (Å²) in [5, 5.41) is 0. The molecule has 1 unspecified atom stereocenters. The second-order valence-electron chi connectivity index (χ2n) is 4.83. The zero-order valence-electron chi connectivity index (χ0n) is 12.2. The predicted octanol–water partition coefficient (Wildman–Crippen LogP) is 2.76. The molecular weight excluding hydrogens is 250 g/mol. The first-order valence-electron chi connectivity index (χ1n) is 7.20. The maximum absolute atomic E-state index is 5.97. The number of rotatable bonds is 7. The van der Waals surface area contributed by atoms with Gasteiger partial charge in [0.25, 0.3) is 0 Å². The molecule has 0 aromatic carbocycles. The van der Waals surface area contributed by atoms with Crippen LogP contribution in [-0.2, 0) is 13.0 Å². The number of nitrogens with zero attached hydrogens (tertiary/aromatic N) is 2. The maximum atomic E-state index is 5.97. The summed E-state index contributed by atoms with van der Waals surface area (Å²) in [6, 6.07) is 8.28. The molecule has 0 aliphatic rings. The van der Waals surface area contributed by atoms with Crippen molar-refractivity contribution in [3.63, 3.8) is 0 Å². The highest BCUT2D eigenvalue weighted by atomic mass is 16.3. The van der Waals surface area contributed by atoms with E-state index >= 15 is 0 Å². The fourth-order valence-electron chi connectivity index (χ4n) is 2.37. The molecule has 0 amide bonds. The van der Waals surface area contributed by atoms with Crippen LogP contribution in [0.25, 0.3) is 0 Å². The van der Waals surface area contributed by atoms with Gasteiger partial charge < -0.3 is 10.2 Å². The van der Waals surface area contributed by atoms with Gasteiger partial charge in [0.2, 0.25) is 0 Å². The van der Waals surface area contributed by atoms with E-state index in [1.807, 2.05) is 36.7 Å². The van der Waals surface area contributed by atoms with Gasteiger partial charge >= 0.3 is 0 Å². The zero-order valence-corrected chi connectivity index (χ0v) is 12.2.